The third kappa shape index (κ3) is 3.56. The number of sulfone groups is 1. The van der Waals surface area contributed by atoms with Crippen LogP contribution in [0.1, 0.15) is 19.8 Å². The molecule has 0 N–H and O–H groups in total. The van der Waals surface area contributed by atoms with Gasteiger partial charge in [-0.05, 0) is 18.9 Å². The quantitative estimate of drug-likeness (QED) is 0.780. The topological polar surface area (TPSA) is 72.3 Å². The molecule has 1 aliphatic heterocycles. The van der Waals surface area contributed by atoms with Crippen molar-refractivity contribution in [3.63, 3.8) is 0 Å². The summed E-state index contributed by atoms with van der Waals surface area (Å²) >= 11 is 0. The molecule has 106 valence electrons. The maximum atomic E-state index is 12.1. The van der Waals surface area contributed by atoms with Gasteiger partial charge in [0.1, 0.15) is 5.75 Å². The molecular formula is C12H19N3O3S. The summed E-state index contributed by atoms with van der Waals surface area (Å²) in [5, 5.41) is 4.12. The fraction of sp³-hybridized carbons (Fsp3) is 0.667. The second-order valence-electron chi connectivity index (χ2n) is 4.79. The number of likely N-dealkylation sites (tertiary alicyclic amines) is 1. The fourth-order valence-corrected chi connectivity index (χ4v) is 3.10. The van der Waals surface area contributed by atoms with Gasteiger partial charge in [-0.3, -0.25) is 9.48 Å². The van der Waals surface area contributed by atoms with E-state index in [-0.39, 0.29) is 23.5 Å². The van der Waals surface area contributed by atoms with E-state index in [1.54, 1.807) is 22.7 Å². The molecule has 1 aromatic rings. The van der Waals surface area contributed by atoms with E-state index >= 15 is 0 Å². The summed E-state index contributed by atoms with van der Waals surface area (Å²) in [5.74, 6) is -0.647. The molecular weight excluding hydrogens is 266 g/mol. The number of rotatable bonds is 5. The molecule has 0 radical (unpaired) electrons. The molecule has 0 bridgehead atoms. The number of carbonyl (C=O) groups excluding carboxylic acids is 1. The average Bonchev–Trinajstić information content (AvgIpc) is 3.00. The first-order valence-corrected chi connectivity index (χ1v) is 8.31. The van der Waals surface area contributed by atoms with Crippen molar-refractivity contribution in [2.75, 3.05) is 18.1 Å². The van der Waals surface area contributed by atoms with Crippen LogP contribution in [0.5, 0.6) is 0 Å². The number of aromatic nitrogens is 2. The molecule has 0 aliphatic carbocycles. The third-order valence-corrected chi connectivity index (χ3v) is 5.00. The van der Waals surface area contributed by atoms with Crippen LogP contribution in [0, 0.1) is 0 Å². The van der Waals surface area contributed by atoms with Crippen LogP contribution in [0.15, 0.2) is 18.5 Å². The molecule has 19 heavy (non-hydrogen) atoms. The van der Waals surface area contributed by atoms with Crippen molar-refractivity contribution in [1.29, 1.82) is 0 Å². The van der Waals surface area contributed by atoms with Crippen LogP contribution in [0.3, 0.4) is 0 Å². The Morgan fingerprint density at radius 3 is 2.89 bits per heavy atom. The highest BCUT2D eigenvalue weighted by Crippen LogP contribution is 2.19. The number of carbonyl (C=O) groups is 1. The molecule has 0 spiro atoms. The Balaban J connectivity index is 2.00. The maximum Gasteiger partial charge on any atom is 0.238 e. The predicted molar refractivity (Wildman–Crippen MR) is 71.3 cm³/mol. The van der Waals surface area contributed by atoms with Gasteiger partial charge in [0.15, 0.2) is 9.84 Å². The van der Waals surface area contributed by atoms with Gasteiger partial charge >= 0.3 is 0 Å². The largest absolute Gasteiger partial charge is 0.337 e. The first-order chi connectivity index (χ1) is 9.02. The van der Waals surface area contributed by atoms with E-state index in [9.17, 15) is 13.2 Å². The van der Waals surface area contributed by atoms with Crippen molar-refractivity contribution in [1.82, 2.24) is 14.7 Å². The lowest BCUT2D eigenvalue weighted by Gasteiger charge is -2.24. The monoisotopic (exact) mass is 285 g/mol. The summed E-state index contributed by atoms with van der Waals surface area (Å²) in [4.78, 5) is 13.8. The van der Waals surface area contributed by atoms with Crippen molar-refractivity contribution >= 4 is 15.7 Å². The molecule has 7 heteroatoms. The van der Waals surface area contributed by atoms with E-state index in [0.717, 1.165) is 12.8 Å². The highest BCUT2D eigenvalue weighted by atomic mass is 32.2. The van der Waals surface area contributed by atoms with E-state index in [2.05, 4.69) is 5.10 Å². The molecule has 6 nitrogen and oxygen atoms in total. The lowest BCUT2D eigenvalue weighted by atomic mass is 10.2. The van der Waals surface area contributed by atoms with Gasteiger partial charge in [-0.1, -0.05) is 6.92 Å². The van der Waals surface area contributed by atoms with Gasteiger partial charge in [0.05, 0.1) is 12.6 Å². The number of hydrogen-bond acceptors (Lipinski definition) is 4. The van der Waals surface area contributed by atoms with Crippen LogP contribution in [-0.2, 0) is 21.2 Å². The summed E-state index contributed by atoms with van der Waals surface area (Å²) in [6, 6.07) is 1.89. The molecule has 1 aromatic heterocycles. The smallest absolute Gasteiger partial charge is 0.238 e. The normalized spacial score (nSPS) is 19.8. The zero-order valence-corrected chi connectivity index (χ0v) is 11.8. The molecule has 0 aromatic carbocycles. The zero-order valence-electron chi connectivity index (χ0n) is 11.0. The van der Waals surface area contributed by atoms with Crippen molar-refractivity contribution < 1.29 is 13.2 Å². The Labute approximate surface area is 113 Å². The van der Waals surface area contributed by atoms with Crippen molar-refractivity contribution in [2.45, 2.75) is 32.4 Å². The van der Waals surface area contributed by atoms with Crippen LogP contribution in [0.2, 0.25) is 0 Å². The first kappa shape index (κ1) is 14.0. The van der Waals surface area contributed by atoms with Crippen LogP contribution >= 0.6 is 0 Å². The van der Waals surface area contributed by atoms with Gasteiger partial charge in [-0.2, -0.15) is 5.10 Å². The van der Waals surface area contributed by atoms with E-state index in [0.29, 0.717) is 13.1 Å². The fourth-order valence-electron chi connectivity index (χ4n) is 2.35. The van der Waals surface area contributed by atoms with Gasteiger partial charge in [0.2, 0.25) is 5.91 Å². The van der Waals surface area contributed by atoms with Gasteiger partial charge in [-0.25, -0.2) is 8.42 Å². The second-order valence-corrected chi connectivity index (χ2v) is 7.14. The highest BCUT2D eigenvalue weighted by molar-refractivity contribution is 7.92. The van der Waals surface area contributed by atoms with Crippen molar-refractivity contribution in [3.05, 3.63) is 18.5 Å². The van der Waals surface area contributed by atoms with Crippen molar-refractivity contribution in [2.24, 2.45) is 0 Å². The van der Waals surface area contributed by atoms with Gasteiger partial charge in [0, 0.05) is 24.7 Å². The third-order valence-electron chi connectivity index (χ3n) is 3.44. The maximum absolute atomic E-state index is 12.1. The molecule has 1 fully saturated rings. The standard InChI is InChI=1S/C12H19N3O3S/c1-2-19(17,18)10-12(16)15-8-3-5-11(15)9-14-7-4-6-13-14/h4,6-7,11H,2-3,5,8-10H2,1H3/t11-/m0/s1. The van der Waals surface area contributed by atoms with Gasteiger partial charge < -0.3 is 4.90 Å². The van der Waals surface area contributed by atoms with Gasteiger partial charge in [0.25, 0.3) is 0 Å². The van der Waals surface area contributed by atoms with E-state index in [4.69, 9.17) is 0 Å². The summed E-state index contributed by atoms with van der Waals surface area (Å²) in [7, 11) is -3.26. The Morgan fingerprint density at radius 1 is 1.47 bits per heavy atom. The molecule has 0 saturated carbocycles. The second kappa shape index (κ2) is 5.73. The van der Waals surface area contributed by atoms with E-state index in [1.165, 1.54) is 0 Å². The molecule has 1 saturated heterocycles. The van der Waals surface area contributed by atoms with Crippen LogP contribution in [-0.4, -0.2) is 53.1 Å². The predicted octanol–water partition coefficient (Wildman–Crippen LogP) is 0.309. The lowest BCUT2D eigenvalue weighted by molar-refractivity contribution is -0.129. The Hall–Kier alpha value is -1.37. The van der Waals surface area contributed by atoms with Crippen LogP contribution in [0.4, 0.5) is 0 Å². The minimum absolute atomic E-state index is 0.0103. The van der Waals surface area contributed by atoms with E-state index < -0.39 is 9.84 Å². The zero-order chi connectivity index (χ0) is 13.9. The van der Waals surface area contributed by atoms with Crippen LogP contribution < -0.4 is 0 Å². The molecule has 1 amide bonds. The number of nitrogens with zero attached hydrogens (tertiary/aromatic N) is 3. The van der Waals surface area contributed by atoms with Crippen molar-refractivity contribution in [3.8, 4) is 0 Å². The van der Waals surface area contributed by atoms with Crippen LogP contribution in [0.25, 0.3) is 0 Å². The summed E-state index contributed by atoms with van der Waals surface area (Å²) in [5.41, 5.74) is 0. The highest BCUT2D eigenvalue weighted by Gasteiger charge is 2.31. The summed E-state index contributed by atoms with van der Waals surface area (Å²) in [6.07, 6.45) is 5.37. The SMILES string of the molecule is CCS(=O)(=O)CC(=O)N1CCC[C@H]1Cn1cccn1. The molecule has 1 aliphatic rings. The van der Waals surface area contributed by atoms with E-state index in [1.807, 2.05) is 12.3 Å². The Morgan fingerprint density at radius 2 is 2.26 bits per heavy atom. The minimum Gasteiger partial charge on any atom is -0.337 e. The average molecular weight is 285 g/mol. The Bertz CT molecular complexity index is 524. The first-order valence-electron chi connectivity index (χ1n) is 6.49. The van der Waals surface area contributed by atoms with Gasteiger partial charge in [-0.15, -0.1) is 0 Å². The Kier molecular flexibility index (Phi) is 4.24. The summed E-state index contributed by atoms with van der Waals surface area (Å²) in [6.45, 7) is 2.84. The molecule has 0 unspecified atom stereocenters. The summed E-state index contributed by atoms with van der Waals surface area (Å²) < 4.78 is 24.8. The minimum atomic E-state index is -3.26. The lowest BCUT2D eigenvalue weighted by Crippen LogP contribution is -2.41. The number of hydrogen-bond donors (Lipinski definition) is 0. The number of amides is 1. The molecule has 2 rings (SSSR count). The molecule has 2 heterocycles. The molecule has 1 atom stereocenters.